The maximum absolute atomic E-state index is 12.9. The number of benzene rings is 3. The van der Waals surface area contributed by atoms with Crippen LogP contribution >= 0.6 is 0 Å². The predicted molar refractivity (Wildman–Crippen MR) is 146 cm³/mol. The molecular formula is C31H30N4O2. The fourth-order valence-corrected chi connectivity index (χ4v) is 6.16. The molecule has 2 unspecified atom stereocenters. The third-order valence-corrected chi connectivity index (χ3v) is 8.26. The van der Waals surface area contributed by atoms with Gasteiger partial charge in [-0.3, -0.25) is 14.8 Å². The molecule has 0 bridgehead atoms. The van der Waals surface area contributed by atoms with Gasteiger partial charge >= 0.3 is 0 Å². The van der Waals surface area contributed by atoms with Gasteiger partial charge in [-0.25, -0.2) is 0 Å². The van der Waals surface area contributed by atoms with Crippen molar-refractivity contribution in [2.75, 3.05) is 31.6 Å². The number of carbonyl (C=O) groups excluding carboxylic acids is 1. The molecule has 3 heterocycles. The number of para-hydroxylation sites is 1. The first-order chi connectivity index (χ1) is 18.1. The van der Waals surface area contributed by atoms with E-state index in [2.05, 4.69) is 81.9 Å². The van der Waals surface area contributed by atoms with Crippen LogP contribution in [0.1, 0.15) is 47.2 Å². The van der Waals surface area contributed by atoms with E-state index in [0.717, 1.165) is 72.7 Å². The number of anilines is 1. The Kier molecular flexibility index (Phi) is 5.27. The molecule has 1 spiro atoms. The molecule has 3 aromatic carbocycles. The van der Waals surface area contributed by atoms with Gasteiger partial charge in [0.2, 0.25) is 5.91 Å². The van der Waals surface area contributed by atoms with Gasteiger partial charge in [0, 0.05) is 36.6 Å². The number of nitrogens with one attached hydrogen (secondary N) is 2. The highest BCUT2D eigenvalue weighted by atomic mass is 16.5. The molecule has 1 amide bonds. The van der Waals surface area contributed by atoms with Crippen molar-refractivity contribution in [1.29, 1.82) is 0 Å². The SMILES string of the molecule is C/C(=C\c1ccc(CN2CCOCC2)cc1)c1n[nH]c2cc(C3CC34C(=O)Nc3ccccc34)ccc12. The van der Waals surface area contributed by atoms with Crippen molar-refractivity contribution >= 4 is 34.1 Å². The maximum Gasteiger partial charge on any atom is 0.235 e. The number of amides is 1. The summed E-state index contributed by atoms with van der Waals surface area (Å²) < 4.78 is 5.45. The Morgan fingerprint density at radius 2 is 1.92 bits per heavy atom. The largest absolute Gasteiger partial charge is 0.379 e. The van der Waals surface area contributed by atoms with Crippen LogP contribution in [0.15, 0.2) is 66.7 Å². The van der Waals surface area contributed by atoms with E-state index >= 15 is 0 Å². The molecule has 186 valence electrons. The van der Waals surface area contributed by atoms with Crippen LogP contribution in [0.2, 0.25) is 0 Å². The van der Waals surface area contributed by atoms with Crippen molar-refractivity contribution in [3.05, 3.63) is 94.7 Å². The summed E-state index contributed by atoms with van der Waals surface area (Å²) in [6.45, 7) is 6.72. The monoisotopic (exact) mass is 490 g/mol. The van der Waals surface area contributed by atoms with Gasteiger partial charge < -0.3 is 10.1 Å². The number of morpholine rings is 1. The molecular weight excluding hydrogens is 460 g/mol. The van der Waals surface area contributed by atoms with E-state index in [1.807, 2.05) is 18.2 Å². The van der Waals surface area contributed by atoms with E-state index in [4.69, 9.17) is 4.74 Å². The number of aromatic amines is 1. The van der Waals surface area contributed by atoms with Crippen LogP contribution in [0.5, 0.6) is 0 Å². The number of fused-ring (bicyclic) bond motifs is 3. The summed E-state index contributed by atoms with van der Waals surface area (Å²) in [6, 6.07) is 23.4. The normalized spacial score (nSPS) is 23.4. The average Bonchev–Trinajstić information content (AvgIpc) is 3.44. The maximum atomic E-state index is 12.9. The number of allylic oxidation sites excluding steroid dienone is 1. The molecule has 2 N–H and O–H groups in total. The second-order valence-electron chi connectivity index (χ2n) is 10.6. The summed E-state index contributed by atoms with van der Waals surface area (Å²) >= 11 is 0. The first-order valence-electron chi connectivity index (χ1n) is 13.1. The van der Waals surface area contributed by atoms with Gasteiger partial charge in [0.05, 0.1) is 29.8 Å². The van der Waals surface area contributed by atoms with Crippen molar-refractivity contribution in [2.45, 2.75) is 31.2 Å². The van der Waals surface area contributed by atoms with Crippen LogP contribution in [-0.2, 0) is 21.5 Å². The molecule has 6 heteroatoms. The zero-order valence-electron chi connectivity index (χ0n) is 21.0. The quantitative estimate of drug-likeness (QED) is 0.397. The second kappa shape index (κ2) is 8.68. The minimum absolute atomic E-state index is 0.124. The standard InChI is InChI=1S/C31H30N4O2/c1-20(16-21-6-8-22(9-7-21)19-35-12-14-37-15-13-35)29-24-11-10-23(17-28(24)33-34-29)26-18-31(26)25-4-2-3-5-27(25)32-30(31)36/h2-11,16-17,26H,12-15,18-19H2,1H3,(H,32,36)(H,33,34)/b20-16+. The first kappa shape index (κ1) is 22.5. The lowest BCUT2D eigenvalue weighted by Gasteiger charge is -2.26. The summed E-state index contributed by atoms with van der Waals surface area (Å²) in [5.74, 6) is 0.318. The average molecular weight is 491 g/mol. The molecule has 6 nitrogen and oxygen atoms in total. The Balaban J connectivity index is 1.10. The Bertz CT molecular complexity index is 1530. The highest BCUT2D eigenvalue weighted by molar-refractivity contribution is 6.10. The van der Waals surface area contributed by atoms with Gasteiger partial charge in [0.15, 0.2) is 0 Å². The minimum atomic E-state index is -0.420. The molecule has 4 aromatic rings. The van der Waals surface area contributed by atoms with Crippen molar-refractivity contribution in [3.63, 3.8) is 0 Å². The molecule has 0 radical (unpaired) electrons. The molecule has 3 aliphatic rings. The van der Waals surface area contributed by atoms with Crippen molar-refractivity contribution < 1.29 is 9.53 Å². The Hall–Kier alpha value is -3.74. The molecule has 7 rings (SSSR count). The number of rotatable bonds is 5. The summed E-state index contributed by atoms with van der Waals surface area (Å²) in [5, 5.41) is 12.1. The lowest BCUT2D eigenvalue weighted by Crippen LogP contribution is -2.35. The Labute approximate surface area is 216 Å². The number of carbonyl (C=O) groups is 1. The fourth-order valence-electron chi connectivity index (χ4n) is 6.16. The first-order valence-corrected chi connectivity index (χ1v) is 13.1. The van der Waals surface area contributed by atoms with E-state index in [-0.39, 0.29) is 11.8 Å². The third kappa shape index (κ3) is 3.79. The fraction of sp³-hybridized carbons (Fsp3) is 0.290. The summed E-state index contributed by atoms with van der Waals surface area (Å²) in [6.07, 6.45) is 3.04. The number of ether oxygens (including phenoxy) is 1. The highest BCUT2D eigenvalue weighted by Gasteiger charge is 2.65. The molecule has 2 aliphatic heterocycles. The van der Waals surface area contributed by atoms with Gasteiger partial charge in [-0.2, -0.15) is 5.10 Å². The molecule has 37 heavy (non-hydrogen) atoms. The van der Waals surface area contributed by atoms with Crippen LogP contribution < -0.4 is 5.32 Å². The van der Waals surface area contributed by atoms with Crippen molar-refractivity contribution in [2.24, 2.45) is 0 Å². The number of nitrogens with zero attached hydrogens (tertiary/aromatic N) is 2. The van der Waals surface area contributed by atoms with Gasteiger partial charge in [-0.1, -0.05) is 54.6 Å². The highest BCUT2D eigenvalue weighted by Crippen LogP contribution is 2.65. The molecule has 2 fully saturated rings. The van der Waals surface area contributed by atoms with Gasteiger partial charge in [-0.05, 0) is 59.4 Å². The summed E-state index contributed by atoms with van der Waals surface area (Å²) in [5.41, 5.74) is 8.44. The number of H-pyrrole nitrogens is 1. The summed E-state index contributed by atoms with van der Waals surface area (Å²) in [4.78, 5) is 15.3. The van der Waals surface area contributed by atoms with Crippen molar-refractivity contribution in [1.82, 2.24) is 15.1 Å². The summed E-state index contributed by atoms with van der Waals surface area (Å²) in [7, 11) is 0. The van der Waals surface area contributed by atoms with E-state index in [9.17, 15) is 4.79 Å². The van der Waals surface area contributed by atoms with Crippen LogP contribution in [0, 0.1) is 0 Å². The third-order valence-electron chi connectivity index (χ3n) is 8.26. The van der Waals surface area contributed by atoms with Crippen LogP contribution in [-0.4, -0.2) is 47.3 Å². The van der Waals surface area contributed by atoms with E-state index < -0.39 is 5.41 Å². The number of hydrogen-bond donors (Lipinski definition) is 2. The molecule has 1 saturated carbocycles. The van der Waals surface area contributed by atoms with Crippen molar-refractivity contribution in [3.8, 4) is 0 Å². The van der Waals surface area contributed by atoms with Crippen LogP contribution in [0.25, 0.3) is 22.6 Å². The lowest BCUT2D eigenvalue weighted by molar-refractivity contribution is -0.118. The van der Waals surface area contributed by atoms with E-state index in [0.29, 0.717) is 0 Å². The Morgan fingerprint density at radius 3 is 2.76 bits per heavy atom. The lowest BCUT2D eigenvalue weighted by atomic mass is 9.91. The zero-order chi connectivity index (χ0) is 25.0. The van der Waals surface area contributed by atoms with Crippen LogP contribution in [0.4, 0.5) is 5.69 Å². The number of hydrogen-bond acceptors (Lipinski definition) is 4. The van der Waals surface area contributed by atoms with Gasteiger partial charge in [0.1, 0.15) is 0 Å². The van der Waals surface area contributed by atoms with Gasteiger partial charge in [0.25, 0.3) is 0 Å². The van der Waals surface area contributed by atoms with Gasteiger partial charge in [-0.15, -0.1) is 0 Å². The zero-order valence-corrected chi connectivity index (χ0v) is 21.0. The van der Waals surface area contributed by atoms with E-state index in [1.165, 1.54) is 16.7 Å². The molecule has 2 atom stereocenters. The van der Waals surface area contributed by atoms with E-state index in [1.54, 1.807) is 0 Å². The molecule has 1 aromatic heterocycles. The Morgan fingerprint density at radius 1 is 1.11 bits per heavy atom. The number of aromatic nitrogens is 2. The second-order valence-corrected chi connectivity index (χ2v) is 10.6. The minimum Gasteiger partial charge on any atom is -0.379 e. The topological polar surface area (TPSA) is 70.2 Å². The van der Waals surface area contributed by atoms with Crippen LogP contribution in [0.3, 0.4) is 0 Å². The molecule has 1 saturated heterocycles. The predicted octanol–water partition coefficient (Wildman–Crippen LogP) is 5.33. The molecule has 1 aliphatic carbocycles. The smallest absolute Gasteiger partial charge is 0.235 e.